The van der Waals surface area contributed by atoms with Gasteiger partial charge in [0, 0.05) is 18.2 Å². The van der Waals surface area contributed by atoms with Gasteiger partial charge in [0.25, 0.3) is 0 Å². The molecule has 0 radical (unpaired) electrons. The highest BCUT2D eigenvalue weighted by atomic mass is 35.5. The van der Waals surface area contributed by atoms with E-state index in [1.54, 1.807) is 24.3 Å². The molecule has 0 N–H and O–H groups in total. The Morgan fingerprint density at radius 3 is 2.42 bits per heavy atom. The van der Waals surface area contributed by atoms with Crippen LogP contribution in [-0.2, 0) is 14.2 Å². The van der Waals surface area contributed by atoms with E-state index in [9.17, 15) is 4.79 Å². The van der Waals surface area contributed by atoms with E-state index in [1.165, 1.54) is 0 Å². The van der Waals surface area contributed by atoms with Crippen molar-refractivity contribution in [1.82, 2.24) is 0 Å². The highest BCUT2D eigenvalue weighted by Crippen LogP contribution is 2.41. The summed E-state index contributed by atoms with van der Waals surface area (Å²) >= 11 is 5.87. The summed E-state index contributed by atoms with van der Waals surface area (Å²) in [5, 5.41) is 0.649. The minimum Gasteiger partial charge on any atom is -0.452 e. The van der Waals surface area contributed by atoms with Gasteiger partial charge in [0.05, 0.1) is 0 Å². The summed E-state index contributed by atoms with van der Waals surface area (Å²) in [6, 6.07) is 10.6. The van der Waals surface area contributed by atoms with Gasteiger partial charge in [-0.15, -0.1) is 0 Å². The molecule has 0 amide bonds. The first-order chi connectivity index (χ1) is 11.6. The van der Waals surface area contributed by atoms with Crippen LogP contribution in [0.3, 0.4) is 0 Å². The fraction of sp³-hybridized carbons (Fsp3) is 0.389. The van der Waals surface area contributed by atoms with Crippen molar-refractivity contribution < 1.29 is 23.4 Å². The summed E-state index contributed by atoms with van der Waals surface area (Å²) in [6.07, 6.45) is -1.38. The predicted molar refractivity (Wildman–Crippen MR) is 88.1 cm³/mol. The molecule has 6 heteroatoms. The molecule has 0 unspecified atom stereocenters. The van der Waals surface area contributed by atoms with E-state index in [1.807, 2.05) is 26.0 Å². The first-order valence-corrected chi connectivity index (χ1v) is 8.30. The highest BCUT2D eigenvalue weighted by molar-refractivity contribution is 6.30. The van der Waals surface area contributed by atoms with Crippen LogP contribution in [0.5, 0.6) is 0 Å². The maximum absolute atomic E-state index is 12.5. The summed E-state index contributed by atoms with van der Waals surface area (Å²) in [5.41, 5.74) is 0.922. The molecule has 1 aromatic heterocycles. The third kappa shape index (κ3) is 3.70. The molecule has 1 aliphatic rings. The van der Waals surface area contributed by atoms with Crippen LogP contribution in [0.1, 0.15) is 48.1 Å². The van der Waals surface area contributed by atoms with E-state index < -0.39 is 12.4 Å². The maximum Gasteiger partial charge on any atom is 0.229 e. The van der Waals surface area contributed by atoms with Gasteiger partial charge in [-0.25, -0.2) is 0 Å². The molecule has 1 fully saturated rings. The van der Waals surface area contributed by atoms with Gasteiger partial charge in [-0.05, 0) is 43.7 Å². The molecule has 0 saturated carbocycles. The van der Waals surface area contributed by atoms with Gasteiger partial charge in [-0.3, -0.25) is 4.79 Å². The van der Waals surface area contributed by atoms with Crippen molar-refractivity contribution in [3.8, 4) is 0 Å². The number of carbonyl (C=O) groups is 1. The third-order valence-corrected chi connectivity index (χ3v) is 3.94. The molecular formula is C18H19ClO5. The molecule has 3 rings (SSSR count). The number of rotatable bonds is 8. The zero-order valence-corrected chi connectivity index (χ0v) is 14.3. The Balaban J connectivity index is 1.67. The number of Topliss-reactive ketones (excluding diaryl/α,β-unsaturated/α-hetero) is 1. The molecule has 2 aromatic rings. The second-order valence-corrected chi connectivity index (χ2v) is 5.77. The second-order valence-electron chi connectivity index (χ2n) is 5.34. The van der Waals surface area contributed by atoms with Crippen LogP contribution in [0.4, 0.5) is 0 Å². The zero-order chi connectivity index (χ0) is 17.1. The monoisotopic (exact) mass is 350 g/mol. The highest BCUT2D eigenvalue weighted by Gasteiger charge is 2.47. The summed E-state index contributed by atoms with van der Waals surface area (Å²) < 4.78 is 22.1. The average Bonchev–Trinajstić information content (AvgIpc) is 3.22. The van der Waals surface area contributed by atoms with E-state index in [4.69, 9.17) is 30.2 Å². The van der Waals surface area contributed by atoms with Gasteiger partial charge >= 0.3 is 0 Å². The lowest BCUT2D eigenvalue weighted by Gasteiger charge is -2.13. The summed E-state index contributed by atoms with van der Waals surface area (Å²) in [5.74, 6) is 0.537. The standard InChI is InChI=1S/C18H19ClO5/c1-3-21-18(22-4-2)14-10-9-13(23-14)15(20)17-16(24-17)11-5-7-12(19)8-6-11/h5-10,16-18H,3-4H2,1-2H3/t16-,17+/m1/s1. The number of ether oxygens (including phenoxy) is 3. The molecular weight excluding hydrogens is 332 g/mol. The van der Waals surface area contributed by atoms with Gasteiger partial charge in [0.1, 0.15) is 6.10 Å². The fourth-order valence-corrected chi connectivity index (χ4v) is 2.61. The molecule has 1 saturated heterocycles. The van der Waals surface area contributed by atoms with E-state index in [0.717, 1.165) is 5.56 Å². The average molecular weight is 351 g/mol. The largest absolute Gasteiger partial charge is 0.452 e. The van der Waals surface area contributed by atoms with Crippen LogP contribution in [-0.4, -0.2) is 25.1 Å². The van der Waals surface area contributed by atoms with Gasteiger partial charge in [-0.1, -0.05) is 23.7 Å². The quantitative estimate of drug-likeness (QED) is 0.403. The molecule has 0 aliphatic carbocycles. The Kier molecular flexibility index (Phi) is 5.36. The van der Waals surface area contributed by atoms with Crippen molar-refractivity contribution in [3.05, 3.63) is 58.5 Å². The van der Waals surface area contributed by atoms with Crippen LogP contribution < -0.4 is 0 Å². The van der Waals surface area contributed by atoms with Gasteiger partial charge in [0.2, 0.25) is 12.1 Å². The smallest absolute Gasteiger partial charge is 0.229 e. The van der Waals surface area contributed by atoms with Crippen LogP contribution in [0.15, 0.2) is 40.8 Å². The number of hydrogen-bond donors (Lipinski definition) is 0. The second kappa shape index (κ2) is 7.49. The SMILES string of the molecule is CCOC(OCC)c1ccc(C(=O)[C@@H]2O[C@@H]2c2ccc(Cl)cc2)o1. The van der Waals surface area contributed by atoms with Crippen molar-refractivity contribution >= 4 is 17.4 Å². The number of benzene rings is 1. The van der Waals surface area contributed by atoms with E-state index in [0.29, 0.717) is 24.0 Å². The molecule has 0 spiro atoms. The number of halogens is 1. The molecule has 1 aromatic carbocycles. The lowest BCUT2D eigenvalue weighted by molar-refractivity contribution is -0.150. The van der Waals surface area contributed by atoms with Crippen molar-refractivity contribution in [3.63, 3.8) is 0 Å². The molecule has 1 aliphatic heterocycles. The van der Waals surface area contributed by atoms with Crippen molar-refractivity contribution in [2.24, 2.45) is 0 Å². The predicted octanol–water partition coefficient (Wildman–Crippen LogP) is 4.33. The van der Waals surface area contributed by atoms with Gasteiger partial charge in [0.15, 0.2) is 17.6 Å². The Hall–Kier alpha value is -1.66. The fourth-order valence-electron chi connectivity index (χ4n) is 2.48. The molecule has 2 heterocycles. The maximum atomic E-state index is 12.5. The molecule has 5 nitrogen and oxygen atoms in total. The minimum absolute atomic E-state index is 0.187. The van der Waals surface area contributed by atoms with Crippen molar-refractivity contribution in [2.45, 2.75) is 32.3 Å². The molecule has 128 valence electrons. The van der Waals surface area contributed by atoms with Gasteiger partial charge in [-0.2, -0.15) is 0 Å². The Morgan fingerprint density at radius 1 is 1.12 bits per heavy atom. The summed E-state index contributed by atoms with van der Waals surface area (Å²) in [7, 11) is 0. The van der Waals surface area contributed by atoms with Crippen molar-refractivity contribution in [2.75, 3.05) is 13.2 Å². The number of ketones is 1. The number of furan rings is 1. The van der Waals surface area contributed by atoms with Crippen LogP contribution >= 0.6 is 11.6 Å². The van der Waals surface area contributed by atoms with Crippen molar-refractivity contribution in [1.29, 1.82) is 0 Å². The normalized spacial score (nSPS) is 19.7. The molecule has 0 bridgehead atoms. The first kappa shape index (κ1) is 17.2. The zero-order valence-electron chi connectivity index (χ0n) is 13.5. The lowest BCUT2D eigenvalue weighted by atomic mass is 10.1. The van der Waals surface area contributed by atoms with Crippen LogP contribution in [0, 0.1) is 0 Å². The first-order valence-electron chi connectivity index (χ1n) is 7.92. The minimum atomic E-state index is -0.603. The molecule has 24 heavy (non-hydrogen) atoms. The number of epoxide rings is 1. The summed E-state index contributed by atoms with van der Waals surface area (Å²) in [4.78, 5) is 12.5. The van der Waals surface area contributed by atoms with Crippen LogP contribution in [0.25, 0.3) is 0 Å². The topological polar surface area (TPSA) is 61.2 Å². The van der Waals surface area contributed by atoms with E-state index >= 15 is 0 Å². The van der Waals surface area contributed by atoms with E-state index in [2.05, 4.69) is 0 Å². The Labute approximate surface area is 145 Å². The number of carbonyl (C=O) groups excluding carboxylic acids is 1. The third-order valence-electron chi connectivity index (χ3n) is 3.69. The summed E-state index contributed by atoms with van der Waals surface area (Å²) in [6.45, 7) is 4.71. The molecule has 2 atom stereocenters. The van der Waals surface area contributed by atoms with Gasteiger partial charge < -0.3 is 18.6 Å². The van der Waals surface area contributed by atoms with E-state index in [-0.39, 0.29) is 17.6 Å². The Bertz CT molecular complexity index is 688. The lowest BCUT2D eigenvalue weighted by Crippen LogP contribution is -2.09. The van der Waals surface area contributed by atoms with Crippen LogP contribution in [0.2, 0.25) is 5.02 Å². The number of hydrogen-bond acceptors (Lipinski definition) is 5. The Morgan fingerprint density at radius 2 is 1.79 bits per heavy atom.